The molecule has 26 heavy (non-hydrogen) atoms. The minimum absolute atomic E-state index is 0.694. The zero-order valence-corrected chi connectivity index (χ0v) is 16.2. The normalized spacial score (nSPS) is 25.0. The average molecular weight is 372 g/mol. The van der Waals surface area contributed by atoms with Gasteiger partial charge in [-0.1, -0.05) is 0 Å². The van der Waals surface area contributed by atoms with Crippen LogP contribution >= 0.6 is 11.3 Å². The monoisotopic (exact) mass is 371 g/mol. The number of hydrogen-bond acceptors (Lipinski definition) is 6. The molecule has 0 saturated carbocycles. The number of likely N-dealkylation sites (N-methyl/N-ethyl adjacent to an activating group) is 1. The Morgan fingerprint density at radius 1 is 1.12 bits per heavy atom. The molecular weight excluding hydrogens is 344 g/mol. The van der Waals surface area contributed by atoms with E-state index in [2.05, 4.69) is 44.1 Å². The lowest BCUT2D eigenvalue weighted by atomic mass is 10.1. The van der Waals surface area contributed by atoms with Gasteiger partial charge in [0, 0.05) is 43.4 Å². The smallest absolute Gasteiger partial charge is 0.229 e. The van der Waals surface area contributed by atoms with Gasteiger partial charge in [-0.3, -0.25) is 4.90 Å². The molecule has 0 N–H and O–H groups in total. The van der Waals surface area contributed by atoms with Gasteiger partial charge in [-0.05, 0) is 31.2 Å². The Labute approximate surface area is 159 Å². The van der Waals surface area contributed by atoms with Crippen LogP contribution in [-0.2, 0) is 0 Å². The maximum absolute atomic E-state index is 4.27. The van der Waals surface area contributed by atoms with Crippen molar-refractivity contribution in [1.29, 1.82) is 0 Å². The van der Waals surface area contributed by atoms with Crippen LogP contribution in [0, 0.1) is 0 Å². The van der Waals surface area contributed by atoms with Crippen molar-refractivity contribution in [2.45, 2.75) is 6.92 Å². The molecule has 1 aromatic carbocycles. The summed E-state index contributed by atoms with van der Waals surface area (Å²) in [4.78, 5) is 9.21. The molecule has 3 saturated heterocycles. The van der Waals surface area contributed by atoms with E-state index in [1.165, 1.54) is 67.3 Å². The van der Waals surface area contributed by atoms with E-state index in [1.807, 2.05) is 17.5 Å². The van der Waals surface area contributed by atoms with Crippen molar-refractivity contribution in [3.05, 3.63) is 35.8 Å². The fourth-order valence-corrected chi connectivity index (χ4v) is 4.42. The minimum atomic E-state index is 0.694. The largest absolute Gasteiger partial charge is 0.366 e. The number of rotatable bonds is 7. The summed E-state index contributed by atoms with van der Waals surface area (Å²) < 4.78 is 1.31. The summed E-state index contributed by atoms with van der Waals surface area (Å²) in [6, 6.07) is 8.41. The summed E-state index contributed by atoms with van der Waals surface area (Å²) >= 11 is 1.49. The standard InChI is InChI=1S/C19H27N6S/c1-2-24(11-15-25-12-8-23(9-13-25)10-14-25)18-5-3-17(4-6-18)21-22-19-20-7-16-26-19/h3-7,16H,2,8-15H2,1H3/q+1. The van der Waals surface area contributed by atoms with Crippen LogP contribution in [0.3, 0.4) is 0 Å². The molecule has 138 valence electrons. The van der Waals surface area contributed by atoms with Crippen molar-refractivity contribution < 1.29 is 4.48 Å². The average Bonchev–Trinajstić information content (AvgIpc) is 3.23. The number of fused-ring (bicyclic) bond motifs is 3. The number of benzene rings is 1. The van der Waals surface area contributed by atoms with Gasteiger partial charge >= 0.3 is 0 Å². The summed E-state index contributed by atoms with van der Waals surface area (Å²) in [5.41, 5.74) is 2.14. The van der Waals surface area contributed by atoms with Gasteiger partial charge in [0.25, 0.3) is 0 Å². The van der Waals surface area contributed by atoms with E-state index >= 15 is 0 Å². The van der Waals surface area contributed by atoms with Crippen molar-refractivity contribution in [1.82, 2.24) is 9.88 Å². The summed E-state index contributed by atoms with van der Waals surface area (Å²) in [5.74, 6) is 0. The number of quaternary nitrogens is 1. The first-order chi connectivity index (χ1) is 12.8. The zero-order chi connectivity index (χ0) is 17.8. The summed E-state index contributed by atoms with van der Waals surface area (Å²) in [7, 11) is 0. The first-order valence-corrected chi connectivity index (χ1v) is 10.4. The Hall–Kier alpha value is -1.83. The van der Waals surface area contributed by atoms with Crippen molar-refractivity contribution >= 4 is 27.8 Å². The van der Waals surface area contributed by atoms with Crippen molar-refractivity contribution in [2.24, 2.45) is 10.2 Å². The van der Waals surface area contributed by atoms with E-state index in [0.29, 0.717) is 5.13 Å². The highest BCUT2D eigenvalue weighted by atomic mass is 32.1. The van der Waals surface area contributed by atoms with Crippen LogP contribution in [-0.4, -0.2) is 73.3 Å². The molecular formula is C19H27N6S+. The van der Waals surface area contributed by atoms with E-state index in [0.717, 1.165) is 18.8 Å². The van der Waals surface area contributed by atoms with E-state index in [1.54, 1.807) is 6.20 Å². The van der Waals surface area contributed by atoms with Crippen molar-refractivity contribution in [2.75, 3.05) is 63.8 Å². The summed E-state index contributed by atoms with van der Waals surface area (Å²) in [6.45, 7) is 13.5. The van der Waals surface area contributed by atoms with Gasteiger partial charge in [0.05, 0.1) is 38.4 Å². The Bertz CT molecular complexity index is 705. The molecule has 3 fully saturated rings. The van der Waals surface area contributed by atoms with Gasteiger partial charge in [0.1, 0.15) is 0 Å². The highest BCUT2D eigenvalue weighted by molar-refractivity contribution is 7.13. The van der Waals surface area contributed by atoms with E-state index < -0.39 is 0 Å². The third-order valence-electron chi connectivity index (χ3n) is 5.78. The number of thiazole rings is 1. The van der Waals surface area contributed by atoms with E-state index in [4.69, 9.17) is 0 Å². The first kappa shape index (κ1) is 17.6. The molecule has 2 bridgehead atoms. The highest BCUT2D eigenvalue weighted by Crippen LogP contribution is 2.24. The SMILES string of the molecule is CCN(CC[N+]12CCN(CC1)CC2)c1ccc(N=Nc2nccs2)cc1. The number of anilines is 1. The van der Waals surface area contributed by atoms with Gasteiger partial charge in [0.15, 0.2) is 0 Å². The van der Waals surface area contributed by atoms with Gasteiger partial charge in [-0.25, -0.2) is 4.98 Å². The molecule has 0 aliphatic carbocycles. The Kier molecular flexibility index (Phi) is 5.28. The molecule has 0 unspecified atom stereocenters. The zero-order valence-electron chi connectivity index (χ0n) is 15.4. The van der Waals surface area contributed by atoms with Crippen molar-refractivity contribution in [3.8, 4) is 0 Å². The fourth-order valence-electron chi connectivity index (χ4n) is 3.97. The second-order valence-electron chi connectivity index (χ2n) is 7.19. The third-order valence-corrected chi connectivity index (χ3v) is 6.44. The van der Waals surface area contributed by atoms with Crippen LogP contribution in [0.4, 0.5) is 16.5 Å². The molecule has 1 aromatic heterocycles. The van der Waals surface area contributed by atoms with Crippen LogP contribution in [0.1, 0.15) is 6.92 Å². The molecule has 7 heteroatoms. The predicted octanol–water partition coefficient (Wildman–Crippen LogP) is 3.53. The van der Waals surface area contributed by atoms with E-state index in [-0.39, 0.29) is 0 Å². The topological polar surface area (TPSA) is 44.1 Å². The molecule has 6 nitrogen and oxygen atoms in total. The van der Waals surface area contributed by atoms with Gasteiger partial charge in [-0.2, -0.15) is 0 Å². The number of piperazine rings is 3. The quantitative estimate of drug-likeness (QED) is 0.552. The fraction of sp³-hybridized carbons (Fsp3) is 0.526. The van der Waals surface area contributed by atoms with Gasteiger partial charge in [-0.15, -0.1) is 21.6 Å². The molecule has 0 radical (unpaired) electrons. The maximum Gasteiger partial charge on any atom is 0.229 e. The molecule has 3 aliphatic heterocycles. The lowest BCUT2D eigenvalue weighted by molar-refractivity contribution is -0.939. The second-order valence-corrected chi connectivity index (χ2v) is 8.06. The van der Waals surface area contributed by atoms with Gasteiger partial charge < -0.3 is 9.38 Å². The van der Waals surface area contributed by atoms with Crippen LogP contribution in [0.15, 0.2) is 46.1 Å². The molecule has 0 spiro atoms. The Balaban J connectivity index is 1.37. The molecule has 4 heterocycles. The third kappa shape index (κ3) is 3.95. The molecule has 2 aromatic rings. The Morgan fingerprint density at radius 3 is 2.46 bits per heavy atom. The van der Waals surface area contributed by atoms with Crippen LogP contribution in [0.5, 0.6) is 0 Å². The van der Waals surface area contributed by atoms with Crippen molar-refractivity contribution in [3.63, 3.8) is 0 Å². The first-order valence-electron chi connectivity index (χ1n) is 9.50. The summed E-state index contributed by atoms with van der Waals surface area (Å²) in [5, 5.41) is 11.0. The van der Waals surface area contributed by atoms with Crippen LogP contribution < -0.4 is 4.90 Å². The molecule has 3 aliphatic rings. The maximum atomic E-state index is 4.27. The van der Waals surface area contributed by atoms with Crippen LogP contribution in [0.2, 0.25) is 0 Å². The molecule has 5 rings (SSSR count). The lowest BCUT2D eigenvalue weighted by Gasteiger charge is -2.51. The second kappa shape index (κ2) is 7.82. The Morgan fingerprint density at radius 2 is 1.85 bits per heavy atom. The van der Waals surface area contributed by atoms with E-state index in [9.17, 15) is 0 Å². The minimum Gasteiger partial charge on any atom is -0.366 e. The predicted molar refractivity (Wildman–Crippen MR) is 107 cm³/mol. The number of nitrogens with zero attached hydrogens (tertiary/aromatic N) is 6. The number of azo groups is 1. The van der Waals surface area contributed by atoms with Crippen LogP contribution in [0.25, 0.3) is 0 Å². The van der Waals surface area contributed by atoms with Gasteiger partial charge in [0.2, 0.25) is 5.13 Å². The molecule has 0 amide bonds. The lowest BCUT2D eigenvalue weighted by Crippen LogP contribution is -2.68. The highest BCUT2D eigenvalue weighted by Gasteiger charge is 2.38. The number of aromatic nitrogens is 1. The number of hydrogen-bond donors (Lipinski definition) is 0. The summed E-state index contributed by atoms with van der Waals surface area (Å²) in [6.07, 6.45) is 1.75. The molecule has 0 atom stereocenters.